The molecule has 0 aliphatic carbocycles. The van der Waals surface area contributed by atoms with Gasteiger partial charge in [0.2, 0.25) is 11.8 Å². The molecule has 8 heteroatoms. The van der Waals surface area contributed by atoms with Crippen LogP contribution in [0.15, 0.2) is 194 Å². The summed E-state index contributed by atoms with van der Waals surface area (Å²) in [5.41, 5.74) is 11.0. The van der Waals surface area contributed by atoms with Crippen LogP contribution in [0.2, 0.25) is 0 Å². The van der Waals surface area contributed by atoms with E-state index in [4.69, 9.17) is 0 Å². The maximum absolute atomic E-state index is 13.7. The fourth-order valence-electron chi connectivity index (χ4n) is 9.19. The molecule has 0 spiro atoms. The van der Waals surface area contributed by atoms with E-state index >= 15 is 0 Å². The summed E-state index contributed by atoms with van der Waals surface area (Å²) < 4.78 is 0. The summed E-state index contributed by atoms with van der Waals surface area (Å²) >= 11 is 0. The van der Waals surface area contributed by atoms with E-state index in [9.17, 15) is 19.2 Å². The van der Waals surface area contributed by atoms with Crippen LogP contribution in [0.4, 0.5) is 11.4 Å². The Kier molecular flexibility index (Phi) is 15.0. The zero-order valence-electron chi connectivity index (χ0n) is 39.7. The summed E-state index contributed by atoms with van der Waals surface area (Å²) in [6.45, 7) is 7.56. The fourth-order valence-corrected chi connectivity index (χ4v) is 9.19. The molecule has 0 radical (unpaired) electrons. The summed E-state index contributed by atoms with van der Waals surface area (Å²) in [5.74, 6) is -0.737. The molecule has 0 saturated carbocycles. The Labute approximate surface area is 416 Å². The molecule has 4 amide bonds. The van der Waals surface area contributed by atoms with Crippen LogP contribution in [0.25, 0.3) is 66.1 Å². The molecule has 0 fully saturated rings. The predicted octanol–water partition coefficient (Wildman–Crippen LogP) is 15.0. The SMILES string of the molecule is C.CCC(=O)Nc1c(-c2cccc3cccc(-c4ccc(C(=O)NC(C)c5ccccc5)cc4)c23)ccc(-c2cccc3cccc(-c4ccc(C(=O)N[C@H](C)c5ccccc5)cc4)c23)c1NC(=O)CC. The number of carbonyl (C=O) groups is 4. The molecule has 0 heterocycles. The van der Waals surface area contributed by atoms with Crippen LogP contribution in [0.3, 0.4) is 0 Å². The molecule has 9 rings (SSSR count). The highest BCUT2D eigenvalue weighted by molar-refractivity contribution is 6.17. The van der Waals surface area contributed by atoms with Crippen molar-refractivity contribution in [1.29, 1.82) is 0 Å². The van der Waals surface area contributed by atoms with Crippen molar-refractivity contribution in [3.8, 4) is 44.5 Å². The van der Waals surface area contributed by atoms with Crippen molar-refractivity contribution in [1.82, 2.24) is 10.6 Å². The van der Waals surface area contributed by atoms with Gasteiger partial charge in [-0.1, -0.05) is 191 Å². The standard InChI is InChI=1S/C62H54N4O4.CH4/c1-5-55(67)65-59-53(51-27-15-23-45-21-13-25-49(57(45)51)43-29-33-47(34-30-43)61(69)63-39(3)41-17-9-7-10-18-41)37-38-54(60(59)66-56(68)6-2)52-28-16-24-46-22-14-26-50(58(46)52)44-31-35-48(36-32-44)62(70)64-40(4)42-19-11-8-12-20-42;/h7-40H,5-6H2,1-4H3,(H,63,69)(H,64,70)(H,65,67)(H,66,68);1H4/t39-,40?;/m1./s1. The molecule has 354 valence electrons. The van der Waals surface area contributed by atoms with Crippen molar-refractivity contribution in [3.05, 3.63) is 216 Å². The lowest BCUT2D eigenvalue weighted by atomic mass is 9.87. The highest BCUT2D eigenvalue weighted by atomic mass is 16.2. The zero-order valence-corrected chi connectivity index (χ0v) is 39.7. The van der Waals surface area contributed by atoms with Gasteiger partial charge in [0.1, 0.15) is 0 Å². The molecular formula is C63H58N4O4. The lowest BCUT2D eigenvalue weighted by Crippen LogP contribution is -2.26. The summed E-state index contributed by atoms with van der Waals surface area (Å²) in [5, 5.41) is 16.6. The fraction of sp³-hybridized carbons (Fsp3) is 0.143. The second kappa shape index (κ2) is 21.8. The van der Waals surface area contributed by atoms with Gasteiger partial charge in [0.25, 0.3) is 11.8 Å². The average Bonchev–Trinajstić information content (AvgIpc) is 3.41. The molecular weight excluding hydrogens is 877 g/mol. The first-order chi connectivity index (χ1) is 34.1. The first-order valence-electron chi connectivity index (χ1n) is 23.8. The van der Waals surface area contributed by atoms with Gasteiger partial charge in [0, 0.05) is 35.1 Å². The van der Waals surface area contributed by atoms with Crippen molar-refractivity contribution in [3.63, 3.8) is 0 Å². The third-order valence-electron chi connectivity index (χ3n) is 13.0. The van der Waals surface area contributed by atoms with E-state index in [1.807, 2.05) is 172 Å². The van der Waals surface area contributed by atoms with Gasteiger partial charge in [-0.3, -0.25) is 19.2 Å². The summed E-state index contributed by atoms with van der Waals surface area (Å²) in [6.07, 6.45) is 0.431. The van der Waals surface area contributed by atoms with E-state index in [0.717, 1.165) is 77.2 Å². The molecule has 0 aliphatic rings. The molecule has 0 aliphatic heterocycles. The van der Waals surface area contributed by atoms with Crippen molar-refractivity contribution in [2.24, 2.45) is 0 Å². The number of benzene rings is 9. The van der Waals surface area contributed by atoms with Crippen LogP contribution in [-0.2, 0) is 9.59 Å². The van der Waals surface area contributed by atoms with Gasteiger partial charge in [-0.2, -0.15) is 0 Å². The van der Waals surface area contributed by atoms with E-state index in [-0.39, 0.29) is 56.0 Å². The zero-order chi connectivity index (χ0) is 48.7. The van der Waals surface area contributed by atoms with Gasteiger partial charge in [0.05, 0.1) is 23.5 Å². The third-order valence-corrected chi connectivity index (χ3v) is 13.0. The smallest absolute Gasteiger partial charge is 0.251 e. The predicted molar refractivity (Wildman–Crippen MR) is 292 cm³/mol. The molecule has 0 saturated heterocycles. The Morgan fingerprint density at radius 1 is 0.380 bits per heavy atom. The number of rotatable bonds is 14. The van der Waals surface area contributed by atoms with E-state index in [1.165, 1.54) is 0 Å². The molecule has 0 aromatic heterocycles. The van der Waals surface area contributed by atoms with E-state index in [1.54, 1.807) is 13.8 Å². The summed E-state index contributed by atoms with van der Waals surface area (Å²) in [7, 11) is 0. The number of hydrogen-bond donors (Lipinski definition) is 4. The van der Waals surface area contributed by atoms with Gasteiger partial charge in [-0.15, -0.1) is 0 Å². The minimum Gasteiger partial charge on any atom is -0.346 e. The minimum absolute atomic E-state index is 0. The molecule has 4 N–H and O–H groups in total. The highest BCUT2D eigenvalue weighted by Gasteiger charge is 2.24. The van der Waals surface area contributed by atoms with E-state index in [0.29, 0.717) is 22.5 Å². The second-order valence-corrected chi connectivity index (χ2v) is 17.5. The first kappa shape index (κ1) is 48.8. The number of carbonyl (C=O) groups excluding carboxylic acids is 4. The quantitative estimate of drug-likeness (QED) is 0.0869. The molecule has 71 heavy (non-hydrogen) atoms. The van der Waals surface area contributed by atoms with Crippen molar-refractivity contribution in [2.75, 3.05) is 10.6 Å². The number of nitrogens with one attached hydrogen (secondary N) is 4. The van der Waals surface area contributed by atoms with E-state index < -0.39 is 0 Å². The maximum atomic E-state index is 13.7. The van der Waals surface area contributed by atoms with Crippen LogP contribution < -0.4 is 21.3 Å². The van der Waals surface area contributed by atoms with Gasteiger partial charge < -0.3 is 21.3 Å². The first-order valence-corrected chi connectivity index (χ1v) is 23.8. The van der Waals surface area contributed by atoms with E-state index in [2.05, 4.69) is 57.7 Å². The van der Waals surface area contributed by atoms with Crippen molar-refractivity contribution < 1.29 is 19.2 Å². The molecule has 9 aromatic rings. The normalized spacial score (nSPS) is 11.8. The largest absolute Gasteiger partial charge is 0.346 e. The number of hydrogen-bond acceptors (Lipinski definition) is 4. The number of anilines is 2. The minimum atomic E-state index is -0.206. The molecule has 2 atom stereocenters. The summed E-state index contributed by atoms with van der Waals surface area (Å²) in [4.78, 5) is 54.2. The molecule has 8 nitrogen and oxygen atoms in total. The Morgan fingerprint density at radius 2 is 0.718 bits per heavy atom. The Hall–Kier alpha value is -8.62. The van der Waals surface area contributed by atoms with Crippen molar-refractivity contribution >= 4 is 56.5 Å². The third kappa shape index (κ3) is 10.4. The van der Waals surface area contributed by atoms with Gasteiger partial charge in [-0.05, 0) is 104 Å². The van der Waals surface area contributed by atoms with Gasteiger partial charge in [-0.25, -0.2) is 0 Å². The Balaban J connectivity index is 0.00000676. The molecule has 0 bridgehead atoms. The number of amides is 4. The topological polar surface area (TPSA) is 116 Å². The van der Waals surface area contributed by atoms with Crippen LogP contribution in [-0.4, -0.2) is 23.6 Å². The number of fused-ring (bicyclic) bond motifs is 2. The van der Waals surface area contributed by atoms with Crippen molar-refractivity contribution in [2.45, 2.75) is 60.0 Å². The highest BCUT2D eigenvalue weighted by Crippen LogP contribution is 2.48. The molecule has 9 aromatic carbocycles. The van der Waals surface area contributed by atoms with Gasteiger partial charge >= 0.3 is 0 Å². The van der Waals surface area contributed by atoms with Crippen LogP contribution in [0.1, 0.15) is 91.9 Å². The van der Waals surface area contributed by atoms with Crippen LogP contribution in [0, 0.1) is 0 Å². The second-order valence-electron chi connectivity index (χ2n) is 17.5. The maximum Gasteiger partial charge on any atom is 0.251 e. The summed E-state index contributed by atoms with van der Waals surface area (Å²) in [6, 6.07) is 63.3. The molecule has 1 unspecified atom stereocenters. The van der Waals surface area contributed by atoms with Gasteiger partial charge in [0.15, 0.2) is 0 Å². The monoisotopic (exact) mass is 934 g/mol. The lowest BCUT2D eigenvalue weighted by Gasteiger charge is -2.23. The lowest BCUT2D eigenvalue weighted by molar-refractivity contribution is -0.116. The average molecular weight is 935 g/mol. The van der Waals surface area contributed by atoms with Crippen LogP contribution in [0.5, 0.6) is 0 Å². The Morgan fingerprint density at radius 3 is 1.06 bits per heavy atom. The Bertz CT molecular complexity index is 3150. The van der Waals surface area contributed by atoms with Crippen LogP contribution >= 0.6 is 0 Å².